The van der Waals surface area contributed by atoms with Crippen molar-refractivity contribution < 1.29 is 22.8 Å². The van der Waals surface area contributed by atoms with Crippen LogP contribution in [-0.4, -0.2) is 42.0 Å². The average Bonchev–Trinajstić information content (AvgIpc) is 2.64. The quantitative estimate of drug-likeness (QED) is 0.611. The van der Waals surface area contributed by atoms with Gasteiger partial charge in [-0.3, -0.25) is 14.5 Å². The summed E-state index contributed by atoms with van der Waals surface area (Å²) in [6.07, 6.45) is 0.416. The predicted molar refractivity (Wildman–Crippen MR) is 72.9 cm³/mol. The van der Waals surface area contributed by atoms with Gasteiger partial charge in [0.2, 0.25) is 0 Å². The molecule has 1 saturated heterocycles. The van der Waals surface area contributed by atoms with Gasteiger partial charge < -0.3 is 0 Å². The van der Waals surface area contributed by atoms with Gasteiger partial charge in [0.1, 0.15) is 0 Å². The summed E-state index contributed by atoms with van der Waals surface area (Å²) in [5.41, 5.74) is 0. The van der Waals surface area contributed by atoms with Crippen molar-refractivity contribution in [2.24, 2.45) is 0 Å². The zero-order chi connectivity index (χ0) is 15.8. The summed E-state index contributed by atoms with van der Waals surface area (Å²) in [5.74, 6) is -2.51. The monoisotopic (exact) mass is 330 g/mol. The standard InChI is InChI=1S/C12H11ClN2O5S/c1-2-7-14-10(16)11(17)15(12(14)18)21(19,20)9-5-3-8(13)4-6-9/h3-6H,2,7H2,1H3. The molecule has 0 aliphatic carbocycles. The lowest BCUT2D eigenvalue weighted by Crippen LogP contribution is -2.38. The van der Waals surface area contributed by atoms with E-state index in [0.29, 0.717) is 16.3 Å². The molecule has 2 rings (SSSR count). The number of carbonyl (C=O) groups excluding carboxylic acids is 3. The van der Waals surface area contributed by atoms with Crippen molar-refractivity contribution in [3.8, 4) is 0 Å². The summed E-state index contributed by atoms with van der Waals surface area (Å²) in [6, 6.07) is 3.79. The van der Waals surface area contributed by atoms with E-state index in [0.717, 1.165) is 12.1 Å². The Morgan fingerprint density at radius 1 is 1.05 bits per heavy atom. The van der Waals surface area contributed by atoms with Crippen LogP contribution in [0.25, 0.3) is 0 Å². The maximum absolute atomic E-state index is 12.3. The van der Waals surface area contributed by atoms with Crippen LogP contribution in [0.2, 0.25) is 5.02 Å². The Bertz CT molecular complexity index is 714. The normalized spacial score (nSPS) is 16.0. The molecule has 4 amide bonds. The van der Waals surface area contributed by atoms with Crippen molar-refractivity contribution in [2.75, 3.05) is 6.54 Å². The van der Waals surface area contributed by atoms with E-state index in [1.54, 1.807) is 6.92 Å². The van der Waals surface area contributed by atoms with E-state index >= 15 is 0 Å². The number of imide groups is 2. The minimum absolute atomic E-state index is 0.00572. The number of urea groups is 1. The molecule has 0 N–H and O–H groups in total. The van der Waals surface area contributed by atoms with E-state index in [1.807, 2.05) is 0 Å². The molecule has 0 saturated carbocycles. The molecular formula is C12H11ClN2O5S. The molecule has 0 radical (unpaired) electrons. The average molecular weight is 331 g/mol. The van der Waals surface area contributed by atoms with Gasteiger partial charge >= 0.3 is 17.8 Å². The molecule has 7 nitrogen and oxygen atoms in total. The zero-order valence-electron chi connectivity index (χ0n) is 10.9. The predicted octanol–water partition coefficient (Wildman–Crippen LogP) is 1.23. The highest BCUT2D eigenvalue weighted by molar-refractivity contribution is 7.90. The SMILES string of the molecule is CCCN1C(=O)C(=O)N(S(=O)(=O)c2ccc(Cl)cc2)C1=O. The molecule has 1 aliphatic heterocycles. The van der Waals surface area contributed by atoms with Crippen LogP contribution in [0.1, 0.15) is 13.3 Å². The summed E-state index contributed by atoms with van der Waals surface area (Å²) in [6.45, 7) is 1.68. The highest BCUT2D eigenvalue weighted by Gasteiger charge is 2.50. The fourth-order valence-corrected chi connectivity index (χ4v) is 3.25. The zero-order valence-corrected chi connectivity index (χ0v) is 12.5. The van der Waals surface area contributed by atoms with Crippen LogP contribution in [0.3, 0.4) is 0 Å². The fraction of sp³-hybridized carbons (Fsp3) is 0.250. The molecule has 0 unspecified atom stereocenters. The van der Waals surface area contributed by atoms with E-state index in [4.69, 9.17) is 11.6 Å². The number of amides is 4. The first kappa shape index (κ1) is 15.5. The Labute approximate surface area is 126 Å². The smallest absolute Gasteiger partial charge is 0.263 e. The van der Waals surface area contributed by atoms with Crippen molar-refractivity contribution in [3.05, 3.63) is 29.3 Å². The van der Waals surface area contributed by atoms with Crippen LogP contribution in [0.4, 0.5) is 4.79 Å². The highest BCUT2D eigenvalue weighted by Crippen LogP contribution is 2.24. The molecule has 0 bridgehead atoms. The second-order valence-corrected chi connectivity index (χ2v) is 6.49. The van der Waals surface area contributed by atoms with Gasteiger partial charge in [0, 0.05) is 11.6 Å². The third-order valence-corrected chi connectivity index (χ3v) is 4.74. The first-order valence-electron chi connectivity index (χ1n) is 6.01. The van der Waals surface area contributed by atoms with Crippen LogP contribution < -0.4 is 0 Å². The van der Waals surface area contributed by atoms with Crippen LogP contribution in [0, 0.1) is 0 Å². The van der Waals surface area contributed by atoms with Crippen molar-refractivity contribution in [3.63, 3.8) is 0 Å². The van der Waals surface area contributed by atoms with Gasteiger partial charge in [-0.15, -0.1) is 4.31 Å². The number of halogens is 1. The lowest BCUT2D eigenvalue weighted by Gasteiger charge is -2.15. The van der Waals surface area contributed by atoms with Crippen LogP contribution >= 0.6 is 11.6 Å². The lowest BCUT2D eigenvalue weighted by molar-refractivity contribution is -0.141. The summed E-state index contributed by atoms with van der Waals surface area (Å²) < 4.78 is 24.6. The molecule has 1 aliphatic rings. The molecule has 9 heteroatoms. The second kappa shape index (κ2) is 5.45. The van der Waals surface area contributed by atoms with Crippen molar-refractivity contribution in [1.82, 2.24) is 9.21 Å². The van der Waals surface area contributed by atoms with Crippen molar-refractivity contribution in [2.45, 2.75) is 18.2 Å². The van der Waals surface area contributed by atoms with Crippen molar-refractivity contribution in [1.29, 1.82) is 0 Å². The number of benzene rings is 1. The minimum Gasteiger partial charge on any atom is -0.263 e. The Kier molecular flexibility index (Phi) is 4.02. The van der Waals surface area contributed by atoms with Gasteiger partial charge in [0.05, 0.1) is 4.90 Å². The molecule has 0 atom stereocenters. The summed E-state index contributed by atoms with van der Waals surface area (Å²) in [7, 11) is -4.42. The van der Waals surface area contributed by atoms with Gasteiger partial charge in [-0.05, 0) is 30.7 Å². The number of carbonyl (C=O) groups is 3. The topological polar surface area (TPSA) is 91.8 Å². The van der Waals surface area contributed by atoms with Gasteiger partial charge in [-0.1, -0.05) is 18.5 Å². The fourth-order valence-electron chi connectivity index (χ4n) is 1.83. The Hall–Kier alpha value is -1.93. The molecule has 1 aromatic carbocycles. The number of hydrogen-bond donors (Lipinski definition) is 0. The first-order chi connectivity index (χ1) is 9.80. The highest BCUT2D eigenvalue weighted by atomic mass is 35.5. The van der Waals surface area contributed by atoms with Gasteiger partial charge in [-0.2, -0.15) is 0 Å². The van der Waals surface area contributed by atoms with Gasteiger partial charge in [0.15, 0.2) is 0 Å². The van der Waals surface area contributed by atoms with Crippen LogP contribution in [0.5, 0.6) is 0 Å². The summed E-state index contributed by atoms with van der Waals surface area (Å²) >= 11 is 5.66. The molecule has 21 heavy (non-hydrogen) atoms. The number of sulfonamides is 1. The molecule has 112 valence electrons. The van der Waals surface area contributed by atoms with Gasteiger partial charge in [-0.25, -0.2) is 13.2 Å². The minimum atomic E-state index is -4.42. The van der Waals surface area contributed by atoms with E-state index in [9.17, 15) is 22.8 Å². The third-order valence-electron chi connectivity index (χ3n) is 2.82. The third kappa shape index (κ3) is 2.52. The van der Waals surface area contributed by atoms with Crippen LogP contribution in [-0.2, 0) is 19.6 Å². The first-order valence-corrected chi connectivity index (χ1v) is 7.83. The lowest BCUT2D eigenvalue weighted by atomic mass is 10.4. The molecule has 1 aromatic rings. The summed E-state index contributed by atoms with van der Waals surface area (Å²) in [4.78, 5) is 35.8. The van der Waals surface area contributed by atoms with E-state index in [-0.39, 0.29) is 15.7 Å². The summed E-state index contributed by atoms with van der Waals surface area (Å²) in [5, 5.41) is 0.303. The molecule has 1 fully saturated rings. The Balaban J connectivity index is 2.45. The van der Waals surface area contributed by atoms with E-state index in [2.05, 4.69) is 0 Å². The molecule has 1 heterocycles. The number of hydrogen-bond acceptors (Lipinski definition) is 5. The maximum Gasteiger partial charge on any atom is 0.348 e. The maximum atomic E-state index is 12.3. The largest absolute Gasteiger partial charge is 0.348 e. The van der Waals surface area contributed by atoms with Crippen molar-refractivity contribution >= 4 is 39.5 Å². The van der Waals surface area contributed by atoms with E-state index < -0.39 is 27.9 Å². The van der Waals surface area contributed by atoms with Crippen LogP contribution in [0.15, 0.2) is 29.2 Å². The Morgan fingerprint density at radius 2 is 1.62 bits per heavy atom. The second-order valence-electron chi connectivity index (χ2n) is 4.27. The van der Waals surface area contributed by atoms with Gasteiger partial charge in [0.25, 0.3) is 10.0 Å². The molecule has 0 aromatic heterocycles. The molecular weight excluding hydrogens is 320 g/mol. The number of rotatable bonds is 4. The molecule has 0 spiro atoms. The Morgan fingerprint density at radius 3 is 2.14 bits per heavy atom. The number of nitrogens with zero attached hydrogens (tertiary/aromatic N) is 2. The van der Waals surface area contributed by atoms with E-state index in [1.165, 1.54) is 12.1 Å².